The molecule has 2 aromatic rings. The molecule has 0 atom stereocenters. The highest BCUT2D eigenvalue weighted by Gasteiger charge is 2.13. The van der Waals surface area contributed by atoms with Crippen LogP contribution in [0.5, 0.6) is 5.75 Å². The van der Waals surface area contributed by atoms with E-state index in [0.29, 0.717) is 29.4 Å². The monoisotopic (exact) mass is 539 g/mol. The zero-order valence-corrected chi connectivity index (χ0v) is 19.0. The first-order valence-electron chi connectivity index (χ1n) is 8.67. The lowest BCUT2D eigenvalue weighted by atomic mass is 10.2. The standard InChI is InChI=1S/C19H23F2N3O3S.HI/c1-22-19(24-14-15-8-5-6-11-17(15)27-18(20)21)23-12-7-13-28(25,26)16-9-3-2-4-10-16;/h2-6,8-11,18H,7,12-14H2,1H3,(H2,22,23,24);1H. The maximum absolute atomic E-state index is 12.5. The SMILES string of the molecule is CN=C(NCCCS(=O)(=O)c1ccccc1)NCc1ccccc1OC(F)F.I. The number of hydrogen-bond donors (Lipinski definition) is 2. The molecule has 0 aromatic heterocycles. The molecule has 0 saturated heterocycles. The van der Waals surface area contributed by atoms with E-state index in [1.165, 1.54) is 6.07 Å². The lowest BCUT2D eigenvalue weighted by molar-refractivity contribution is -0.0504. The second kappa shape index (κ2) is 12.6. The average Bonchev–Trinajstić information content (AvgIpc) is 2.69. The van der Waals surface area contributed by atoms with Gasteiger partial charge in [-0.2, -0.15) is 8.78 Å². The lowest BCUT2D eigenvalue weighted by Gasteiger charge is -2.14. The normalized spacial score (nSPS) is 11.7. The Bertz CT molecular complexity index is 881. The second-order valence-electron chi connectivity index (χ2n) is 5.82. The number of rotatable bonds is 9. The Morgan fingerprint density at radius 1 is 1.07 bits per heavy atom. The van der Waals surface area contributed by atoms with Crippen LogP contribution in [0, 0.1) is 0 Å². The van der Waals surface area contributed by atoms with Crippen LogP contribution in [0.3, 0.4) is 0 Å². The summed E-state index contributed by atoms with van der Waals surface area (Å²) in [5.41, 5.74) is 0.553. The number of guanidine groups is 1. The molecule has 2 N–H and O–H groups in total. The zero-order valence-electron chi connectivity index (χ0n) is 15.8. The van der Waals surface area contributed by atoms with Crippen LogP contribution >= 0.6 is 24.0 Å². The zero-order chi connectivity index (χ0) is 20.4. The Morgan fingerprint density at radius 3 is 2.38 bits per heavy atom. The minimum Gasteiger partial charge on any atom is -0.434 e. The third-order valence-electron chi connectivity index (χ3n) is 3.84. The summed E-state index contributed by atoms with van der Waals surface area (Å²) in [4.78, 5) is 4.34. The summed E-state index contributed by atoms with van der Waals surface area (Å²) < 4.78 is 53.9. The van der Waals surface area contributed by atoms with Gasteiger partial charge in [-0.25, -0.2) is 8.42 Å². The number of sulfone groups is 1. The Labute approximate surface area is 186 Å². The largest absolute Gasteiger partial charge is 0.434 e. The van der Waals surface area contributed by atoms with Crippen molar-refractivity contribution in [2.45, 2.75) is 24.5 Å². The fourth-order valence-electron chi connectivity index (χ4n) is 2.48. The van der Waals surface area contributed by atoms with E-state index in [4.69, 9.17) is 0 Å². The molecule has 2 rings (SSSR count). The van der Waals surface area contributed by atoms with E-state index in [-0.39, 0.29) is 42.0 Å². The fraction of sp³-hybridized carbons (Fsp3) is 0.316. The van der Waals surface area contributed by atoms with Gasteiger partial charge < -0.3 is 15.4 Å². The average molecular weight is 539 g/mol. The van der Waals surface area contributed by atoms with Crippen molar-refractivity contribution in [2.75, 3.05) is 19.3 Å². The number of benzene rings is 2. The molecule has 0 amide bonds. The predicted octanol–water partition coefficient (Wildman–Crippen LogP) is 3.44. The fourth-order valence-corrected chi connectivity index (χ4v) is 3.81. The molecule has 0 aliphatic carbocycles. The summed E-state index contributed by atoms with van der Waals surface area (Å²) in [5.74, 6) is 0.532. The molecule has 0 heterocycles. The number of hydrogen-bond acceptors (Lipinski definition) is 4. The Hall–Kier alpha value is -1.95. The number of halogens is 3. The van der Waals surface area contributed by atoms with Crippen LogP contribution in [0.4, 0.5) is 8.78 Å². The van der Waals surface area contributed by atoms with Crippen molar-refractivity contribution < 1.29 is 21.9 Å². The number of para-hydroxylation sites is 1. The molecule has 2 aromatic carbocycles. The maximum Gasteiger partial charge on any atom is 0.387 e. The lowest BCUT2D eigenvalue weighted by Crippen LogP contribution is -2.37. The van der Waals surface area contributed by atoms with Gasteiger partial charge in [-0.05, 0) is 24.6 Å². The summed E-state index contributed by atoms with van der Waals surface area (Å²) in [6, 6.07) is 14.8. The van der Waals surface area contributed by atoms with E-state index < -0.39 is 16.4 Å². The third kappa shape index (κ3) is 8.52. The highest BCUT2D eigenvalue weighted by atomic mass is 127. The molecule has 0 spiro atoms. The summed E-state index contributed by atoms with van der Waals surface area (Å²) >= 11 is 0. The van der Waals surface area contributed by atoms with E-state index in [9.17, 15) is 17.2 Å². The summed E-state index contributed by atoms with van der Waals surface area (Å²) in [6.07, 6.45) is 0.392. The topological polar surface area (TPSA) is 79.8 Å². The quantitative estimate of drug-likeness (QED) is 0.221. The van der Waals surface area contributed by atoms with E-state index >= 15 is 0 Å². The Balaban J connectivity index is 0.00000420. The van der Waals surface area contributed by atoms with E-state index in [1.54, 1.807) is 55.6 Å². The molecule has 0 aliphatic heterocycles. The molecule has 160 valence electrons. The van der Waals surface area contributed by atoms with E-state index in [2.05, 4.69) is 20.4 Å². The van der Waals surface area contributed by atoms with Crippen LogP contribution in [-0.4, -0.2) is 40.3 Å². The smallest absolute Gasteiger partial charge is 0.387 e. The van der Waals surface area contributed by atoms with Crippen LogP contribution in [0.15, 0.2) is 64.5 Å². The molecule has 0 saturated carbocycles. The van der Waals surface area contributed by atoms with Gasteiger partial charge in [0.15, 0.2) is 15.8 Å². The minimum absolute atomic E-state index is 0. The molecule has 6 nitrogen and oxygen atoms in total. The van der Waals surface area contributed by atoms with Crippen molar-refractivity contribution in [3.63, 3.8) is 0 Å². The molecular weight excluding hydrogens is 515 g/mol. The van der Waals surface area contributed by atoms with Crippen molar-refractivity contribution in [2.24, 2.45) is 4.99 Å². The molecule has 0 unspecified atom stereocenters. The summed E-state index contributed by atoms with van der Waals surface area (Å²) in [5, 5.41) is 6.00. The van der Waals surface area contributed by atoms with Crippen LogP contribution < -0.4 is 15.4 Å². The molecule has 10 heteroatoms. The Morgan fingerprint density at radius 2 is 1.72 bits per heavy atom. The van der Waals surface area contributed by atoms with Gasteiger partial charge in [0.05, 0.1) is 10.6 Å². The molecule has 0 aliphatic rings. The first-order valence-corrected chi connectivity index (χ1v) is 10.3. The van der Waals surface area contributed by atoms with Gasteiger partial charge in [-0.3, -0.25) is 4.99 Å². The number of alkyl halides is 2. The molecule has 0 fully saturated rings. The summed E-state index contributed by atoms with van der Waals surface area (Å²) in [7, 11) is -1.76. The minimum atomic E-state index is -3.33. The second-order valence-corrected chi connectivity index (χ2v) is 7.93. The number of aliphatic imine (C=N–C) groups is 1. The van der Waals surface area contributed by atoms with Gasteiger partial charge in [0.25, 0.3) is 0 Å². The highest BCUT2D eigenvalue weighted by molar-refractivity contribution is 14.0. The van der Waals surface area contributed by atoms with Crippen LogP contribution in [-0.2, 0) is 16.4 Å². The van der Waals surface area contributed by atoms with E-state index in [1.807, 2.05) is 0 Å². The van der Waals surface area contributed by atoms with Crippen LogP contribution in [0.25, 0.3) is 0 Å². The maximum atomic E-state index is 12.5. The van der Waals surface area contributed by atoms with Crippen LogP contribution in [0.2, 0.25) is 0 Å². The van der Waals surface area contributed by atoms with Gasteiger partial charge in [-0.1, -0.05) is 36.4 Å². The summed E-state index contributed by atoms with van der Waals surface area (Å²) in [6.45, 7) is -2.28. The van der Waals surface area contributed by atoms with Gasteiger partial charge in [0, 0.05) is 25.7 Å². The van der Waals surface area contributed by atoms with Crippen molar-refractivity contribution in [1.82, 2.24) is 10.6 Å². The predicted molar refractivity (Wildman–Crippen MR) is 120 cm³/mol. The van der Waals surface area contributed by atoms with Crippen molar-refractivity contribution in [3.05, 3.63) is 60.2 Å². The van der Waals surface area contributed by atoms with Crippen molar-refractivity contribution in [3.8, 4) is 5.75 Å². The van der Waals surface area contributed by atoms with Crippen molar-refractivity contribution in [1.29, 1.82) is 0 Å². The van der Waals surface area contributed by atoms with Gasteiger partial charge in [-0.15, -0.1) is 24.0 Å². The first kappa shape index (κ1) is 25.1. The van der Waals surface area contributed by atoms with Gasteiger partial charge in [0.1, 0.15) is 5.75 Å². The van der Waals surface area contributed by atoms with E-state index in [0.717, 1.165) is 0 Å². The first-order chi connectivity index (χ1) is 13.4. The number of nitrogens with one attached hydrogen (secondary N) is 2. The Kier molecular flexibility index (Phi) is 10.9. The molecule has 0 radical (unpaired) electrons. The van der Waals surface area contributed by atoms with Crippen molar-refractivity contribution >= 4 is 39.8 Å². The highest BCUT2D eigenvalue weighted by Crippen LogP contribution is 2.19. The molecule has 29 heavy (non-hydrogen) atoms. The van der Waals surface area contributed by atoms with Gasteiger partial charge in [0.2, 0.25) is 0 Å². The van der Waals surface area contributed by atoms with Crippen LogP contribution in [0.1, 0.15) is 12.0 Å². The number of ether oxygens (including phenoxy) is 1. The molecular formula is C19H24F2IN3O3S. The van der Waals surface area contributed by atoms with Gasteiger partial charge >= 0.3 is 6.61 Å². The number of nitrogens with zero attached hydrogens (tertiary/aromatic N) is 1. The molecule has 0 bridgehead atoms. The third-order valence-corrected chi connectivity index (χ3v) is 5.66.